The Morgan fingerprint density at radius 2 is 0.487 bits per heavy atom. The third-order valence-electron chi connectivity index (χ3n) is 14.0. The van der Waals surface area contributed by atoms with Crippen molar-refractivity contribution in [1.82, 2.24) is 0 Å². The fraction of sp³-hybridized carbons (Fsp3) is 0.226. The topological polar surface area (TPSA) is 89.0 Å². The maximum atomic E-state index is 16.0. The predicted molar refractivity (Wildman–Crippen MR) is 281 cm³/mol. The number of hydrogen-bond donors (Lipinski definition) is 2. The first-order chi connectivity index (χ1) is 35.6. The van der Waals surface area contributed by atoms with E-state index in [2.05, 4.69) is 0 Å². The van der Waals surface area contributed by atoms with Crippen molar-refractivity contribution in [3.63, 3.8) is 0 Å². The highest BCUT2D eigenvalue weighted by Gasteiger charge is 2.37. The lowest BCUT2D eigenvalue weighted by atomic mass is 9.76. The Labute approximate surface area is 436 Å². The number of benzene rings is 8. The van der Waals surface area contributed by atoms with Gasteiger partial charge in [0.05, 0.1) is 11.1 Å². The van der Waals surface area contributed by atoms with E-state index in [0.29, 0.717) is 56.6 Å². The SMILES string of the molecule is Cc1cc(C(C)(C)c2cc(C)c(Oc3c(F)c(F)c(-c4c(F)c(F)c(Oc5c(C)cc(C(C)(C)c6cc(C)c(Oc7ccc(N)cc7)c(C)c6)cc5C)c(F)c4F)c(F)c3F)c(C)c2)cc(C)c1Oc1ccc(N)cc1. The van der Waals surface area contributed by atoms with E-state index in [1.54, 1.807) is 100 Å². The summed E-state index contributed by atoms with van der Waals surface area (Å²) in [4.78, 5) is 0. The van der Waals surface area contributed by atoms with Gasteiger partial charge < -0.3 is 30.4 Å². The van der Waals surface area contributed by atoms with Gasteiger partial charge in [0.25, 0.3) is 0 Å². The molecule has 76 heavy (non-hydrogen) atoms. The van der Waals surface area contributed by atoms with Crippen LogP contribution in [0.5, 0.6) is 46.0 Å². The van der Waals surface area contributed by atoms with Crippen molar-refractivity contribution in [3.8, 4) is 57.1 Å². The molecule has 0 amide bonds. The number of nitrogens with two attached hydrogens (primary N) is 2. The number of ether oxygens (including phenoxy) is 4. The van der Waals surface area contributed by atoms with Gasteiger partial charge in [0.15, 0.2) is 23.3 Å². The summed E-state index contributed by atoms with van der Waals surface area (Å²) in [5, 5.41) is 0. The average molecular weight is 1050 g/mol. The summed E-state index contributed by atoms with van der Waals surface area (Å²) in [6.07, 6.45) is 0. The standard InChI is InChI=1S/C62H56F8N2O4/c1-29-21-37(22-30(2)55(29)73-43-17-13-41(71)14-18-43)61(9,10)39-25-33(5)57(34(6)26-39)75-59-51(67)47(63)45(48(64)52(59)68)46-49(65)53(69)60(54(70)50(46)66)76-58-35(7)27-40(28-36(58)8)62(11,12)38-23-31(3)56(32(4)24-38)74-44-19-15-42(72)16-20-44/h13-28H,71-72H2,1-12H3. The molecular formula is C62H56F8N2O4. The van der Waals surface area contributed by atoms with Gasteiger partial charge >= 0.3 is 0 Å². The van der Waals surface area contributed by atoms with Gasteiger partial charge in [-0.15, -0.1) is 0 Å². The monoisotopic (exact) mass is 1040 g/mol. The largest absolute Gasteiger partial charge is 0.457 e. The summed E-state index contributed by atoms with van der Waals surface area (Å²) in [7, 11) is 0. The number of rotatable bonds is 13. The van der Waals surface area contributed by atoms with E-state index in [1.807, 2.05) is 79.7 Å². The molecule has 0 aliphatic rings. The highest BCUT2D eigenvalue weighted by atomic mass is 19.2. The van der Waals surface area contributed by atoms with Gasteiger partial charge in [0, 0.05) is 22.2 Å². The van der Waals surface area contributed by atoms with Crippen molar-refractivity contribution < 1.29 is 54.1 Å². The molecule has 0 saturated carbocycles. The van der Waals surface area contributed by atoms with Crippen LogP contribution in [-0.4, -0.2) is 0 Å². The summed E-state index contributed by atoms with van der Waals surface area (Å²) in [6.45, 7) is 21.7. The number of aryl methyl sites for hydroxylation is 8. The summed E-state index contributed by atoms with van der Waals surface area (Å²) < 4.78 is 152. The predicted octanol–water partition coefficient (Wildman–Crippen LogP) is 17.9. The van der Waals surface area contributed by atoms with Crippen LogP contribution in [0, 0.1) is 102 Å². The molecule has 4 N–H and O–H groups in total. The van der Waals surface area contributed by atoms with Crippen LogP contribution in [0.4, 0.5) is 46.5 Å². The Bertz CT molecular complexity index is 3240. The van der Waals surface area contributed by atoms with Crippen molar-refractivity contribution in [2.45, 2.75) is 93.9 Å². The highest BCUT2D eigenvalue weighted by molar-refractivity contribution is 5.70. The lowest BCUT2D eigenvalue weighted by Crippen LogP contribution is -2.20. The number of halogens is 8. The van der Waals surface area contributed by atoms with E-state index in [0.717, 1.165) is 44.5 Å². The van der Waals surface area contributed by atoms with Crippen molar-refractivity contribution in [2.75, 3.05) is 11.5 Å². The molecule has 8 aromatic rings. The van der Waals surface area contributed by atoms with Gasteiger partial charge in [0.1, 0.15) is 34.5 Å². The zero-order valence-corrected chi connectivity index (χ0v) is 44.0. The van der Waals surface area contributed by atoms with Gasteiger partial charge in [-0.1, -0.05) is 76.2 Å². The second-order valence-corrected chi connectivity index (χ2v) is 20.5. The Morgan fingerprint density at radius 1 is 0.289 bits per heavy atom. The summed E-state index contributed by atoms with van der Waals surface area (Å²) >= 11 is 0. The molecular weight excluding hydrogens is 989 g/mol. The second kappa shape index (κ2) is 20.3. The Morgan fingerprint density at radius 3 is 0.697 bits per heavy atom. The molecule has 0 aliphatic carbocycles. The molecule has 0 radical (unpaired) electrons. The molecule has 0 unspecified atom stereocenters. The molecule has 0 heterocycles. The minimum absolute atomic E-state index is 0.179. The van der Waals surface area contributed by atoms with Gasteiger partial charge in [0.2, 0.25) is 34.8 Å². The van der Waals surface area contributed by atoms with Crippen LogP contribution in [0.2, 0.25) is 0 Å². The van der Waals surface area contributed by atoms with Gasteiger partial charge in [-0.25, -0.2) is 17.6 Å². The van der Waals surface area contributed by atoms with Crippen LogP contribution >= 0.6 is 0 Å². The number of anilines is 2. The maximum Gasteiger partial charge on any atom is 0.205 e. The molecule has 6 nitrogen and oxygen atoms in total. The normalized spacial score (nSPS) is 11.8. The molecule has 394 valence electrons. The number of nitrogen functional groups attached to an aromatic ring is 2. The molecule has 0 atom stereocenters. The van der Waals surface area contributed by atoms with E-state index in [-0.39, 0.29) is 11.5 Å². The van der Waals surface area contributed by atoms with E-state index >= 15 is 35.1 Å². The second-order valence-electron chi connectivity index (χ2n) is 20.5. The lowest BCUT2D eigenvalue weighted by molar-refractivity contribution is 0.358. The van der Waals surface area contributed by atoms with E-state index in [4.69, 9.17) is 30.4 Å². The minimum atomic E-state index is -2.37. The van der Waals surface area contributed by atoms with Gasteiger partial charge in [-0.2, -0.15) is 17.6 Å². The fourth-order valence-corrected chi connectivity index (χ4v) is 9.57. The van der Waals surface area contributed by atoms with Gasteiger partial charge in [-0.05, 0) is 171 Å². The van der Waals surface area contributed by atoms with Crippen molar-refractivity contribution in [1.29, 1.82) is 0 Å². The Balaban J connectivity index is 1.06. The summed E-state index contributed by atoms with van der Waals surface area (Å²) in [5.74, 6) is -19.4. The first kappa shape index (κ1) is 54.3. The molecule has 0 aliphatic heterocycles. The van der Waals surface area contributed by atoms with Crippen LogP contribution in [0.3, 0.4) is 0 Å². The Hall–Kier alpha value is -8.00. The third kappa shape index (κ3) is 9.88. The minimum Gasteiger partial charge on any atom is -0.457 e. The van der Waals surface area contributed by atoms with Crippen LogP contribution in [0.1, 0.15) is 94.5 Å². The van der Waals surface area contributed by atoms with Crippen LogP contribution < -0.4 is 30.4 Å². The third-order valence-corrected chi connectivity index (χ3v) is 14.0. The molecule has 0 bridgehead atoms. The Kier molecular flexibility index (Phi) is 14.5. The molecule has 0 spiro atoms. The summed E-state index contributed by atoms with van der Waals surface area (Å²) in [5.41, 5.74) is 15.3. The quantitative estimate of drug-likeness (QED) is 0.0679. The van der Waals surface area contributed by atoms with Gasteiger partial charge in [-0.3, -0.25) is 0 Å². The first-order valence-electron chi connectivity index (χ1n) is 24.2. The van der Waals surface area contributed by atoms with Crippen molar-refractivity contribution >= 4 is 11.4 Å². The highest BCUT2D eigenvalue weighted by Crippen LogP contribution is 2.47. The fourth-order valence-electron chi connectivity index (χ4n) is 9.57. The van der Waals surface area contributed by atoms with E-state index in [1.165, 1.54) is 0 Å². The molecule has 0 aromatic heterocycles. The van der Waals surface area contributed by atoms with Crippen molar-refractivity contribution in [3.05, 3.63) is 210 Å². The van der Waals surface area contributed by atoms with Crippen molar-refractivity contribution in [2.24, 2.45) is 0 Å². The zero-order chi connectivity index (χ0) is 55.6. The van der Waals surface area contributed by atoms with E-state index in [9.17, 15) is 0 Å². The average Bonchev–Trinajstić information content (AvgIpc) is 3.36. The van der Waals surface area contributed by atoms with E-state index < -0.39 is 80.0 Å². The maximum absolute atomic E-state index is 16.0. The zero-order valence-electron chi connectivity index (χ0n) is 44.0. The smallest absolute Gasteiger partial charge is 0.205 e. The lowest BCUT2D eigenvalue weighted by Gasteiger charge is -2.29. The van der Waals surface area contributed by atoms with Crippen LogP contribution in [0.15, 0.2) is 97.1 Å². The first-order valence-corrected chi connectivity index (χ1v) is 24.2. The molecule has 14 heteroatoms. The molecule has 0 fully saturated rings. The summed E-state index contributed by atoms with van der Waals surface area (Å²) in [6, 6.07) is 28.6. The molecule has 0 saturated heterocycles. The van der Waals surface area contributed by atoms with Crippen LogP contribution in [0.25, 0.3) is 11.1 Å². The van der Waals surface area contributed by atoms with Crippen LogP contribution in [-0.2, 0) is 10.8 Å². The molecule has 8 rings (SSSR count). The number of hydrogen-bond acceptors (Lipinski definition) is 6. The molecule has 8 aromatic carbocycles.